The quantitative estimate of drug-likeness (QED) is 0.790. The summed E-state index contributed by atoms with van der Waals surface area (Å²) in [7, 11) is 0. The molecule has 1 atom stereocenters. The van der Waals surface area contributed by atoms with Gasteiger partial charge in [-0.3, -0.25) is 9.97 Å². The van der Waals surface area contributed by atoms with Crippen molar-refractivity contribution in [3.63, 3.8) is 0 Å². The topological polar surface area (TPSA) is 76.7 Å². The van der Waals surface area contributed by atoms with E-state index in [-0.39, 0.29) is 11.6 Å². The van der Waals surface area contributed by atoms with Crippen LogP contribution < -0.4 is 5.32 Å². The highest BCUT2D eigenvalue weighted by Gasteiger charge is 2.20. The number of hydrogen-bond donors (Lipinski definition) is 1. The van der Waals surface area contributed by atoms with E-state index in [0.717, 1.165) is 11.3 Å². The number of pyridine rings is 2. The van der Waals surface area contributed by atoms with Crippen molar-refractivity contribution in [2.24, 2.45) is 0 Å². The second-order valence-corrected chi connectivity index (χ2v) is 6.72. The van der Waals surface area contributed by atoms with Crippen molar-refractivity contribution in [1.29, 1.82) is 0 Å². The lowest BCUT2D eigenvalue weighted by molar-refractivity contribution is 0.297. The molecule has 124 valence electrons. The zero-order valence-corrected chi connectivity index (χ0v) is 14.3. The lowest BCUT2D eigenvalue weighted by Gasteiger charge is -2.23. The predicted molar refractivity (Wildman–Crippen MR) is 92.1 cm³/mol. The van der Waals surface area contributed by atoms with Crippen LogP contribution in [-0.2, 0) is 0 Å². The lowest BCUT2D eigenvalue weighted by atomic mass is 10.1. The molecular weight excluding hydrogens is 302 g/mol. The normalized spacial score (nSPS) is 13.0. The molecule has 0 saturated heterocycles. The fourth-order valence-corrected chi connectivity index (χ4v) is 2.44. The summed E-state index contributed by atoms with van der Waals surface area (Å²) in [5.74, 6) is 1.04. The average molecular weight is 323 g/mol. The summed E-state index contributed by atoms with van der Waals surface area (Å²) in [5, 5.41) is 7.44. The molecule has 6 nitrogen and oxygen atoms in total. The molecule has 0 amide bonds. The van der Waals surface area contributed by atoms with Crippen molar-refractivity contribution >= 4 is 0 Å². The van der Waals surface area contributed by atoms with Crippen LogP contribution in [0.2, 0.25) is 0 Å². The zero-order chi connectivity index (χ0) is 17.2. The van der Waals surface area contributed by atoms with Crippen molar-refractivity contribution < 1.29 is 4.52 Å². The third-order valence-corrected chi connectivity index (χ3v) is 3.41. The van der Waals surface area contributed by atoms with Gasteiger partial charge in [0.25, 0.3) is 0 Å². The fourth-order valence-electron chi connectivity index (χ4n) is 2.44. The summed E-state index contributed by atoms with van der Waals surface area (Å²) in [5.41, 5.74) is 2.48. The Morgan fingerprint density at radius 1 is 1.04 bits per heavy atom. The lowest BCUT2D eigenvalue weighted by Crippen LogP contribution is -2.37. The Bertz CT molecular complexity index is 790. The summed E-state index contributed by atoms with van der Waals surface area (Å²) in [6.45, 7) is 8.29. The minimum absolute atomic E-state index is 0.0287. The third-order valence-electron chi connectivity index (χ3n) is 3.41. The largest absolute Gasteiger partial charge is 0.337 e. The Balaban J connectivity index is 1.78. The first-order valence-electron chi connectivity index (χ1n) is 7.91. The molecule has 0 spiro atoms. The maximum absolute atomic E-state index is 5.37. The van der Waals surface area contributed by atoms with E-state index in [2.05, 4.69) is 46.2 Å². The predicted octanol–water partition coefficient (Wildman–Crippen LogP) is 3.64. The van der Waals surface area contributed by atoms with Crippen LogP contribution in [0.1, 0.15) is 39.6 Å². The first-order valence-corrected chi connectivity index (χ1v) is 7.91. The molecule has 6 heteroatoms. The van der Waals surface area contributed by atoms with Crippen LogP contribution in [0.3, 0.4) is 0 Å². The van der Waals surface area contributed by atoms with E-state index in [1.54, 1.807) is 12.4 Å². The minimum atomic E-state index is -0.0311. The van der Waals surface area contributed by atoms with Crippen LogP contribution in [0.25, 0.3) is 22.8 Å². The molecule has 24 heavy (non-hydrogen) atoms. The van der Waals surface area contributed by atoms with Crippen molar-refractivity contribution in [2.45, 2.75) is 39.3 Å². The van der Waals surface area contributed by atoms with E-state index in [9.17, 15) is 0 Å². The second-order valence-electron chi connectivity index (χ2n) is 6.72. The number of hydrogen-bond acceptors (Lipinski definition) is 6. The van der Waals surface area contributed by atoms with Gasteiger partial charge in [-0.15, -0.1) is 0 Å². The van der Waals surface area contributed by atoms with Crippen molar-refractivity contribution in [1.82, 2.24) is 25.4 Å². The first-order chi connectivity index (χ1) is 11.4. The molecule has 0 aromatic carbocycles. The molecular formula is C18H21N5O. The molecule has 0 radical (unpaired) electrons. The van der Waals surface area contributed by atoms with Gasteiger partial charge in [0, 0.05) is 23.5 Å². The van der Waals surface area contributed by atoms with Crippen LogP contribution in [-0.4, -0.2) is 25.6 Å². The molecule has 3 heterocycles. The SMILES string of the molecule is CC(NC(C)(C)C)c1nc(-c2ccc(-c3ccccn3)cn2)no1. The van der Waals surface area contributed by atoms with E-state index in [1.807, 2.05) is 37.3 Å². The van der Waals surface area contributed by atoms with Crippen molar-refractivity contribution in [3.8, 4) is 22.8 Å². The van der Waals surface area contributed by atoms with E-state index < -0.39 is 0 Å². The van der Waals surface area contributed by atoms with Gasteiger partial charge < -0.3 is 9.84 Å². The molecule has 0 aliphatic carbocycles. The highest BCUT2D eigenvalue weighted by Crippen LogP contribution is 2.21. The van der Waals surface area contributed by atoms with Gasteiger partial charge in [0.1, 0.15) is 5.69 Å². The number of aromatic nitrogens is 4. The summed E-state index contributed by atoms with van der Waals surface area (Å²) in [6.07, 6.45) is 3.53. The van der Waals surface area contributed by atoms with E-state index in [1.165, 1.54) is 0 Å². The van der Waals surface area contributed by atoms with Crippen LogP contribution in [0, 0.1) is 0 Å². The Morgan fingerprint density at radius 3 is 2.50 bits per heavy atom. The van der Waals surface area contributed by atoms with Crippen LogP contribution in [0.15, 0.2) is 47.2 Å². The number of nitrogens with zero attached hydrogens (tertiary/aromatic N) is 4. The monoisotopic (exact) mass is 323 g/mol. The third kappa shape index (κ3) is 3.83. The van der Waals surface area contributed by atoms with E-state index >= 15 is 0 Å². The second kappa shape index (κ2) is 6.49. The Hall–Kier alpha value is -2.60. The summed E-state index contributed by atoms with van der Waals surface area (Å²) >= 11 is 0. The van der Waals surface area contributed by atoms with Gasteiger partial charge in [0.05, 0.1) is 11.7 Å². The van der Waals surface area contributed by atoms with Gasteiger partial charge in [-0.25, -0.2) is 0 Å². The average Bonchev–Trinajstić information content (AvgIpc) is 3.04. The number of rotatable bonds is 4. The van der Waals surface area contributed by atoms with Crippen LogP contribution in [0.5, 0.6) is 0 Å². The molecule has 1 unspecified atom stereocenters. The molecule has 0 bridgehead atoms. The Labute approximate surface area is 141 Å². The molecule has 0 fully saturated rings. The van der Waals surface area contributed by atoms with Gasteiger partial charge in [-0.1, -0.05) is 11.2 Å². The summed E-state index contributed by atoms with van der Waals surface area (Å²) in [6, 6.07) is 9.59. The fraction of sp³-hybridized carbons (Fsp3) is 0.333. The molecule has 0 saturated carbocycles. The maximum atomic E-state index is 5.37. The van der Waals surface area contributed by atoms with Crippen LogP contribution >= 0.6 is 0 Å². The molecule has 3 aromatic heterocycles. The molecule has 0 aliphatic rings. The zero-order valence-electron chi connectivity index (χ0n) is 14.3. The molecule has 3 rings (SSSR count). The minimum Gasteiger partial charge on any atom is -0.337 e. The van der Waals surface area contributed by atoms with Gasteiger partial charge in [0.15, 0.2) is 0 Å². The van der Waals surface area contributed by atoms with Gasteiger partial charge in [-0.05, 0) is 52.0 Å². The van der Waals surface area contributed by atoms with Crippen molar-refractivity contribution in [3.05, 3.63) is 48.6 Å². The first kappa shape index (κ1) is 16.3. The Morgan fingerprint density at radius 2 is 1.88 bits per heavy atom. The van der Waals surface area contributed by atoms with E-state index in [0.29, 0.717) is 17.4 Å². The highest BCUT2D eigenvalue weighted by molar-refractivity contribution is 5.60. The van der Waals surface area contributed by atoms with Gasteiger partial charge in [0.2, 0.25) is 11.7 Å². The Kier molecular flexibility index (Phi) is 4.40. The summed E-state index contributed by atoms with van der Waals surface area (Å²) in [4.78, 5) is 13.2. The van der Waals surface area contributed by atoms with Crippen LogP contribution in [0.4, 0.5) is 0 Å². The molecule has 1 N–H and O–H groups in total. The smallest absolute Gasteiger partial charge is 0.243 e. The van der Waals surface area contributed by atoms with E-state index in [4.69, 9.17) is 4.52 Å². The van der Waals surface area contributed by atoms with Gasteiger partial charge in [-0.2, -0.15) is 4.98 Å². The van der Waals surface area contributed by atoms with Gasteiger partial charge >= 0.3 is 0 Å². The maximum Gasteiger partial charge on any atom is 0.243 e. The van der Waals surface area contributed by atoms with Crippen molar-refractivity contribution in [2.75, 3.05) is 0 Å². The standard InChI is InChI=1S/C18H21N5O/c1-12(22-18(2,3)4)17-21-16(23-24-17)15-9-8-13(11-20-15)14-7-5-6-10-19-14/h5-12,22H,1-4H3. The number of nitrogens with one attached hydrogen (secondary N) is 1. The molecule has 3 aromatic rings. The summed E-state index contributed by atoms with van der Waals surface area (Å²) < 4.78 is 5.37. The highest BCUT2D eigenvalue weighted by atomic mass is 16.5. The molecule has 0 aliphatic heterocycles.